The number of fused-ring (bicyclic) bond motifs is 1. The number of nitrogens with one attached hydrogen (secondary N) is 1. The van der Waals surface area contributed by atoms with Crippen LogP contribution in [0.15, 0.2) is 18.2 Å². The molecule has 104 valence electrons. The van der Waals surface area contributed by atoms with Gasteiger partial charge in [-0.2, -0.15) is 0 Å². The quantitative estimate of drug-likeness (QED) is 0.588. The number of carbonyl (C=O) groups excluding carboxylic acids is 1. The van der Waals surface area contributed by atoms with Crippen LogP contribution in [0.2, 0.25) is 0 Å². The van der Waals surface area contributed by atoms with E-state index in [9.17, 15) is 4.79 Å². The molecule has 0 spiro atoms. The van der Waals surface area contributed by atoms with Gasteiger partial charge in [0.05, 0.1) is 6.54 Å². The molecule has 2 rings (SSSR count). The van der Waals surface area contributed by atoms with Gasteiger partial charge < -0.3 is 20.7 Å². The molecular weight excluding hydrogens is 242 g/mol. The fourth-order valence-electron chi connectivity index (χ4n) is 2.37. The van der Waals surface area contributed by atoms with Gasteiger partial charge in [-0.05, 0) is 25.0 Å². The summed E-state index contributed by atoms with van der Waals surface area (Å²) in [6.07, 6.45) is 1.75. The van der Waals surface area contributed by atoms with Crippen LogP contribution >= 0.6 is 0 Å². The molecule has 3 N–H and O–H groups in total. The van der Waals surface area contributed by atoms with E-state index in [-0.39, 0.29) is 5.91 Å². The van der Waals surface area contributed by atoms with Crippen molar-refractivity contribution >= 4 is 17.3 Å². The van der Waals surface area contributed by atoms with Crippen LogP contribution in [0.3, 0.4) is 0 Å². The Bertz CT molecular complexity index is 448. The zero-order valence-corrected chi connectivity index (χ0v) is 11.3. The summed E-state index contributed by atoms with van der Waals surface area (Å²) in [4.78, 5) is 13.9. The summed E-state index contributed by atoms with van der Waals surface area (Å²) >= 11 is 0. The van der Waals surface area contributed by atoms with Crippen LogP contribution in [0.4, 0.5) is 11.4 Å². The number of rotatable bonds is 6. The van der Waals surface area contributed by atoms with E-state index < -0.39 is 0 Å². The molecule has 0 fully saturated rings. The van der Waals surface area contributed by atoms with Crippen molar-refractivity contribution < 1.29 is 9.53 Å². The van der Waals surface area contributed by atoms with Gasteiger partial charge in [0.2, 0.25) is 5.91 Å². The summed E-state index contributed by atoms with van der Waals surface area (Å²) in [5.41, 5.74) is 9.01. The Hall–Kier alpha value is -1.75. The van der Waals surface area contributed by atoms with Crippen molar-refractivity contribution in [1.82, 2.24) is 5.32 Å². The highest BCUT2D eigenvalue weighted by Gasteiger charge is 2.22. The molecule has 0 unspecified atom stereocenters. The predicted octanol–water partition coefficient (Wildman–Crippen LogP) is 0.784. The first-order valence-electron chi connectivity index (χ1n) is 6.60. The third-order valence-electron chi connectivity index (χ3n) is 3.34. The molecule has 1 aromatic rings. The molecule has 0 bridgehead atoms. The van der Waals surface area contributed by atoms with Crippen molar-refractivity contribution in [3.05, 3.63) is 23.8 Å². The van der Waals surface area contributed by atoms with Gasteiger partial charge in [-0.1, -0.05) is 6.07 Å². The van der Waals surface area contributed by atoms with Crippen LogP contribution in [0.5, 0.6) is 0 Å². The van der Waals surface area contributed by atoms with Crippen LogP contribution in [0.1, 0.15) is 12.0 Å². The lowest BCUT2D eigenvalue weighted by Gasteiger charge is -2.19. The Morgan fingerprint density at radius 2 is 2.37 bits per heavy atom. The molecule has 0 atom stereocenters. The van der Waals surface area contributed by atoms with Gasteiger partial charge in [0, 0.05) is 43.7 Å². The van der Waals surface area contributed by atoms with Gasteiger partial charge in [0.15, 0.2) is 0 Å². The number of nitrogens with two attached hydrogens (primary N) is 1. The maximum Gasteiger partial charge on any atom is 0.239 e. The van der Waals surface area contributed by atoms with E-state index in [1.54, 1.807) is 7.11 Å². The van der Waals surface area contributed by atoms with Crippen molar-refractivity contribution in [2.75, 3.05) is 44.0 Å². The van der Waals surface area contributed by atoms with E-state index >= 15 is 0 Å². The van der Waals surface area contributed by atoms with Crippen molar-refractivity contribution in [2.45, 2.75) is 12.8 Å². The van der Waals surface area contributed by atoms with Gasteiger partial charge in [0.25, 0.3) is 0 Å². The first-order chi connectivity index (χ1) is 9.22. The smallest absolute Gasteiger partial charge is 0.239 e. The molecule has 0 aliphatic carbocycles. The average molecular weight is 263 g/mol. The molecule has 5 nitrogen and oxygen atoms in total. The van der Waals surface area contributed by atoms with Crippen molar-refractivity contribution in [3.63, 3.8) is 0 Å². The van der Waals surface area contributed by atoms with Crippen molar-refractivity contribution in [3.8, 4) is 0 Å². The van der Waals surface area contributed by atoms with Crippen LogP contribution in [-0.4, -0.2) is 39.3 Å². The van der Waals surface area contributed by atoms with Gasteiger partial charge in [-0.25, -0.2) is 0 Å². The Morgan fingerprint density at radius 3 is 3.16 bits per heavy atom. The number of carbonyl (C=O) groups is 1. The van der Waals surface area contributed by atoms with Gasteiger partial charge in [0.1, 0.15) is 0 Å². The summed E-state index contributed by atoms with van der Waals surface area (Å²) in [7, 11) is 1.66. The molecule has 19 heavy (non-hydrogen) atoms. The van der Waals surface area contributed by atoms with Crippen LogP contribution < -0.4 is 16.0 Å². The number of nitrogens with zero attached hydrogens (tertiary/aromatic N) is 1. The molecule has 0 saturated carbocycles. The third-order valence-corrected chi connectivity index (χ3v) is 3.34. The van der Waals surface area contributed by atoms with Gasteiger partial charge in [-0.3, -0.25) is 4.79 Å². The van der Waals surface area contributed by atoms with E-state index in [2.05, 4.69) is 10.2 Å². The molecular formula is C14H21N3O2. The van der Waals surface area contributed by atoms with Crippen LogP contribution in [0.25, 0.3) is 0 Å². The van der Waals surface area contributed by atoms with Crippen LogP contribution in [0, 0.1) is 0 Å². The standard InChI is InChI=1S/C14H21N3O2/c1-19-9-3-7-16-14(18)10-17-8-6-11-12(15)4-2-5-13(11)17/h2,4-5H,3,6-10,15H2,1H3,(H,16,18). The zero-order valence-electron chi connectivity index (χ0n) is 11.3. The molecule has 1 aromatic carbocycles. The van der Waals surface area contributed by atoms with E-state index in [1.807, 2.05) is 18.2 Å². The number of benzene rings is 1. The maximum atomic E-state index is 11.8. The highest BCUT2D eigenvalue weighted by molar-refractivity contribution is 5.83. The second-order valence-electron chi connectivity index (χ2n) is 4.71. The minimum Gasteiger partial charge on any atom is -0.398 e. The molecule has 1 aliphatic heterocycles. The predicted molar refractivity (Wildman–Crippen MR) is 76.3 cm³/mol. The largest absolute Gasteiger partial charge is 0.398 e. The lowest BCUT2D eigenvalue weighted by atomic mass is 10.1. The monoisotopic (exact) mass is 263 g/mol. The van der Waals surface area contributed by atoms with Crippen molar-refractivity contribution in [2.24, 2.45) is 0 Å². The maximum absolute atomic E-state index is 11.8. The summed E-state index contributed by atoms with van der Waals surface area (Å²) in [5.74, 6) is 0.0476. The van der Waals surface area contributed by atoms with E-state index in [0.29, 0.717) is 19.7 Å². The molecule has 0 aromatic heterocycles. The molecule has 0 saturated heterocycles. The first-order valence-corrected chi connectivity index (χ1v) is 6.60. The summed E-state index contributed by atoms with van der Waals surface area (Å²) in [6.45, 7) is 2.58. The summed E-state index contributed by atoms with van der Waals surface area (Å²) in [5, 5.41) is 2.90. The minimum atomic E-state index is 0.0476. The number of anilines is 2. The molecule has 0 radical (unpaired) electrons. The number of ether oxygens (including phenoxy) is 1. The normalized spacial score (nSPS) is 13.4. The summed E-state index contributed by atoms with van der Waals surface area (Å²) in [6, 6.07) is 5.87. The van der Waals surface area contributed by atoms with E-state index in [1.165, 1.54) is 0 Å². The Morgan fingerprint density at radius 1 is 1.53 bits per heavy atom. The Labute approximate surface area is 113 Å². The lowest BCUT2D eigenvalue weighted by Crippen LogP contribution is -2.37. The second kappa shape index (κ2) is 6.43. The van der Waals surface area contributed by atoms with Crippen molar-refractivity contribution in [1.29, 1.82) is 0 Å². The SMILES string of the molecule is COCCCNC(=O)CN1CCc2c(N)cccc21. The number of hydrogen-bond acceptors (Lipinski definition) is 4. The number of nitrogen functional groups attached to an aromatic ring is 1. The lowest BCUT2D eigenvalue weighted by molar-refractivity contribution is -0.119. The first kappa shape index (κ1) is 13.7. The summed E-state index contributed by atoms with van der Waals surface area (Å²) < 4.78 is 4.94. The fraction of sp³-hybridized carbons (Fsp3) is 0.500. The number of methoxy groups -OCH3 is 1. The minimum absolute atomic E-state index is 0.0476. The molecule has 1 amide bonds. The fourth-order valence-corrected chi connectivity index (χ4v) is 2.37. The van der Waals surface area contributed by atoms with Crippen LogP contribution in [-0.2, 0) is 16.0 Å². The Kier molecular flexibility index (Phi) is 4.63. The molecule has 1 aliphatic rings. The topological polar surface area (TPSA) is 67.6 Å². The second-order valence-corrected chi connectivity index (χ2v) is 4.71. The van der Waals surface area contributed by atoms with E-state index in [4.69, 9.17) is 10.5 Å². The van der Waals surface area contributed by atoms with Gasteiger partial charge in [-0.15, -0.1) is 0 Å². The average Bonchev–Trinajstić information content (AvgIpc) is 2.80. The molecule has 1 heterocycles. The number of amides is 1. The third kappa shape index (κ3) is 3.38. The molecule has 5 heteroatoms. The van der Waals surface area contributed by atoms with E-state index in [0.717, 1.165) is 36.3 Å². The highest BCUT2D eigenvalue weighted by Crippen LogP contribution is 2.31. The Balaban J connectivity index is 1.85. The van der Waals surface area contributed by atoms with Gasteiger partial charge >= 0.3 is 0 Å². The highest BCUT2D eigenvalue weighted by atomic mass is 16.5. The number of hydrogen-bond donors (Lipinski definition) is 2. The zero-order chi connectivity index (χ0) is 13.7.